The molecule has 1 atom stereocenters. The summed E-state index contributed by atoms with van der Waals surface area (Å²) in [4.78, 5) is 22.9. The lowest BCUT2D eigenvalue weighted by Crippen LogP contribution is -2.55. The van der Waals surface area contributed by atoms with Gasteiger partial charge in [-0.05, 0) is 5.56 Å². The maximum absolute atomic E-state index is 11.6. The van der Waals surface area contributed by atoms with Gasteiger partial charge >= 0.3 is 0 Å². The van der Waals surface area contributed by atoms with Gasteiger partial charge in [-0.25, -0.2) is 0 Å². The van der Waals surface area contributed by atoms with Crippen molar-refractivity contribution >= 4 is 11.8 Å². The minimum atomic E-state index is -0.514. The van der Waals surface area contributed by atoms with Crippen molar-refractivity contribution in [3.8, 4) is 0 Å². The van der Waals surface area contributed by atoms with E-state index in [-0.39, 0.29) is 17.5 Å². The average molecular weight is 216 g/mol. The Morgan fingerprint density at radius 2 is 1.88 bits per heavy atom. The lowest BCUT2D eigenvalue weighted by Gasteiger charge is -2.24. The van der Waals surface area contributed by atoms with Crippen molar-refractivity contribution in [1.29, 1.82) is 0 Å². The van der Waals surface area contributed by atoms with Crippen molar-refractivity contribution in [2.45, 2.75) is 12.5 Å². The van der Waals surface area contributed by atoms with Crippen LogP contribution in [0.15, 0.2) is 42.6 Å². The van der Waals surface area contributed by atoms with E-state index in [1.807, 2.05) is 30.3 Å². The van der Waals surface area contributed by atoms with Crippen LogP contribution in [-0.4, -0.2) is 17.9 Å². The zero-order chi connectivity index (χ0) is 11.5. The Balaban J connectivity index is 2.08. The molecule has 4 heteroatoms. The Kier molecular flexibility index (Phi) is 2.72. The van der Waals surface area contributed by atoms with E-state index < -0.39 is 6.04 Å². The standard InChI is InChI=1S/C12H12N2O2/c1-8-11(15)14-10(12(16)13-8)7-9-5-3-2-4-6-9/h2-6,10H,1,7H2,(H,13,16)(H,14,15). The predicted octanol–water partition coefficient (Wildman–Crippen LogP) is 0.357. The van der Waals surface area contributed by atoms with Gasteiger partial charge in [0.15, 0.2) is 0 Å². The SMILES string of the molecule is C=C1NC(=O)C(Cc2ccccc2)NC1=O. The lowest BCUT2D eigenvalue weighted by molar-refractivity contribution is -0.131. The molecule has 1 fully saturated rings. The van der Waals surface area contributed by atoms with Crippen molar-refractivity contribution in [1.82, 2.24) is 10.6 Å². The highest BCUT2D eigenvalue weighted by atomic mass is 16.2. The molecule has 1 aliphatic rings. The van der Waals surface area contributed by atoms with Crippen LogP contribution in [0.25, 0.3) is 0 Å². The second kappa shape index (κ2) is 4.18. The first-order chi connectivity index (χ1) is 7.66. The third-order valence-electron chi connectivity index (χ3n) is 2.45. The van der Waals surface area contributed by atoms with Gasteiger partial charge in [-0.3, -0.25) is 9.59 Å². The molecule has 0 bridgehead atoms. The summed E-state index contributed by atoms with van der Waals surface area (Å²) in [7, 11) is 0. The third-order valence-corrected chi connectivity index (χ3v) is 2.45. The Hall–Kier alpha value is -2.10. The first-order valence-corrected chi connectivity index (χ1v) is 5.01. The van der Waals surface area contributed by atoms with Gasteiger partial charge in [0, 0.05) is 6.42 Å². The van der Waals surface area contributed by atoms with E-state index in [4.69, 9.17) is 0 Å². The highest BCUT2D eigenvalue weighted by molar-refractivity contribution is 6.04. The number of benzene rings is 1. The van der Waals surface area contributed by atoms with Gasteiger partial charge < -0.3 is 10.6 Å². The summed E-state index contributed by atoms with van der Waals surface area (Å²) in [6.45, 7) is 3.44. The summed E-state index contributed by atoms with van der Waals surface area (Å²) < 4.78 is 0. The fourth-order valence-electron chi connectivity index (χ4n) is 1.60. The molecule has 1 aromatic carbocycles. The molecule has 0 radical (unpaired) electrons. The van der Waals surface area contributed by atoms with E-state index in [0.717, 1.165) is 5.56 Å². The molecule has 1 aliphatic heterocycles. The van der Waals surface area contributed by atoms with E-state index >= 15 is 0 Å². The van der Waals surface area contributed by atoms with Crippen LogP contribution in [0, 0.1) is 0 Å². The van der Waals surface area contributed by atoms with E-state index in [1.54, 1.807) is 0 Å². The number of hydrogen-bond acceptors (Lipinski definition) is 2. The monoisotopic (exact) mass is 216 g/mol. The van der Waals surface area contributed by atoms with Crippen LogP contribution in [0.4, 0.5) is 0 Å². The van der Waals surface area contributed by atoms with Gasteiger partial charge in [0.2, 0.25) is 5.91 Å². The second-order valence-electron chi connectivity index (χ2n) is 3.68. The lowest BCUT2D eigenvalue weighted by atomic mass is 10.0. The molecule has 1 saturated heterocycles. The van der Waals surface area contributed by atoms with E-state index in [0.29, 0.717) is 6.42 Å². The number of rotatable bonds is 2. The van der Waals surface area contributed by atoms with Gasteiger partial charge in [0.1, 0.15) is 6.04 Å². The number of carbonyl (C=O) groups excluding carboxylic acids is 2. The van der Waals surface area contributed by atoms with Gasteiger partial charge in [0.05, 0.1) is 5.70 Å². The molecular weight excluding hydrogens is 204 g/mol. The highest BCUT2D eigenvalue weighted by Crippen LogP contribution is 2.07. The molecular formula is C12H12N2O2. The summed E-state index contributed by atoms with van der Waals surface area (Å²) in [5, 5.41) is 5.07. The first-order valence-electron chi connectivity index (χ1n) is 5.01. The van der Waals surface area contributed by atoms with Crippen molar-refractivity contribution < 1.29 is 9.59 Å². The Labute approximate surface area is 93.3 Å². The highest BCUT2D eigenvalue weighted by Gasteiger charge is 2.28. The number of nitrogens with one attached hydrogen (secondary N) is 2. The number of piperazine rings is 1. The fourth-order valence-corrected chi connectivity index (χ4v) is 1.60. The van der Waals surface area contributed by atoms with Gasteiger partial charge in [0.25, 0.3) is 5.91 Å². The number of amides is 2. The van der Waals surface area contributed by atoms with Crippen LogP contribution in [0.3, 0.4) is 0 Å². The zero-order valence-electron chi connectivity index (χ0n) is 8.69. The molecule has 2 amide bonds. The topological polar surface area (TPSA) is 58.2 Å². The largest absolute Gasteiger partial charge is 0.339 e. The van der Waals surface area contributed by atoms with Crippen LogP contribution < -0.4 is 10.6 Å². The maximum Gasteiger partial charge on any atom is 0.267 e. The van der Waals surface area contributed by atoms with E-state index in [2.05, 4.69) is 17.2 Å². The quantitative estimate of drug-likeness (QED) is 0.701. The normalized spacial score (nSPS) is 20.2. The summed E-state index contributed by atoms with van der Waals surface area (Å²) in [5.41, 5.74) is 1.12. The van der Waals surface area contributed by atoms with Crippen LogP contribution in [-0.2, 0) is 16.0 Å². The van der Waals surface area contributed by atoms with E-state index in [9.17, 15) is 9.59 Å². The molecule has 82 valence electrons. The molecule has 2 N–H and O–H groups in total. The van der Waals surface area contributed by atoms with Crippen molar-refractivity contribution in [2.24, 2.45) is 0 Å². The maximum atomic E-state index is 11.6. The third kappa shape index (κ3) is 2.11. The molecule has 4 nitrogen and oxygen atoms in total. The van der Waals surface area contributed by atoms with E-state index in [1.165, 1.54) is 0 Å². The van der Waals surface area contributed by atoms with Gasteiger partial charge in [-0.1, -0.05) is 36.9 Å². The smallest absolute Gasteiger partial charge is 0.267 e. The molecule has 1 heterocycles. The summed E-state index contributed by atoms with van der Waals surface area (Å²) in [6.07, 6.45) is 0.492. The minimum absolute atomic E-state index is 0.106. The van der Waals surface area contributed by atoms with Crippen LogP contribution in [0.2, 0.25) is 0 Å². The van der Waals surface area contributed by atoms with Crippen molar-refractivity contribution in [2.75, 3.05) is 0 Å². The first kappa shape index (κ1) is 10.4. The summed E-state index contributed by atoms with van der Waals surface area (Å²) in [6, 6.07) is 9.03. The van der Waals surface area contributed by atoms with Crippen molar-refractivity contribution in [3.05, 3.63) is 48.2 Å². The molecule has 2 rings (SSSR count). The molecule has 0 spiro atoms. The van der Waals surface area contributed by atoms with Gasteiger partial charge in [-0.15, -0.1) is 0 Å². The molecule has 1 unspecified atom stereocenters. The molecule has 16 heavy (non-hydrogen) atoms. The Morgan fingerprint density at radius 3 is 2.56 bits per heavy atom. The molecule has 0 aliphatic carbocycles. The second-order valence-corrected chi connectivity index (χ2v) is 3.68. The molecule has 0 saturated carbocycles. The van der Waals surface area contributed by atoms with Crippen LogP contribution >= 0.6 is 0 Å². The minimum Gasteiger partial charge on any atom is -0.339 e. The summed E-state index contributed by atoms with van der Waals surface area (Å²) in [5.74, 6) is -0.533. The van der Waals surface area contributed by atoms with Gasteiger partial charge in [-0.2, -0.15) is 0 Å². The molecule has 0 aromatic heterocycles. The number of carbonyl (C=O) groups is 2. The Bertz CT molecular complexity index is 440. The van der Waals surface area contributed by atoms with Crippen LogP contribution in [0.1, 0.15) is 5.56 Å². The zero-order valence-corrected chi connectivity index (χ0v) is 8.69. The van der Waals surface area contributed by atoms with Crippen LogP contribution in [0.5, 0.6) is 0 Å². The number of hydrogen-bond donors (Lipinski definition) is 2. The molecule has 1 aromatic rings. The van der Waals surface area contributed by atoms with Crippen molar-refractivity contribution in [3.63, 3.8) is 0 Å². The predicted molar refractivity (Wildman–Crippen MR) is 59.4 cm³/mol. The average Bonchev–Trinajstić information content (AvgIpc) is 2.27. The summed E-state index contributed by atoms with van der Waals surface area (Å²) >= 11 is 0. The Morgan fingerprint density at radius 1 is 1.19 bits per heavy atom. The fraction of sp³-hybridized carbons (Fsp3) is 0.167.